The van der Waals surface area contributed by atoms with Crippen molar-refractivity contribution >= 4 is 41.3 Å². The van der Waals surface area contributed by atoms with E-state index < -0.39 is 0 Å². The largest absolute Gasteiger partial charge is 0.309 e. The maximum atomic E-state index is 12.5. The first-order valence-electron chi connectivity index (χ1n) is 6.06. The molecule has 1 aliphatic rings. The van der Waals surface area contributed by atoms with Crippen molar-refractivity contribution in [3.8, 4) is 0 Å². The first-order valence-corrected chi connectivity index (χ1v) is 7.86. The summed E-state index contributed by atoms with van der Waals surface area (Å²) in [6.07, 6.45) is 2.04. The fourth-order valence-electron chi connectivity index (χ4n) is 2.14. The Balaban J connectivity index is 0.00000162. The molecular weight excluding hydrogens is 286 g/mol. The highest BCUT2D eigenvalue weighted by Crippen LogP contribution is 2.38. The molecule has 1 aromatic heterocycles. The fourth-order valence-corrected chi connectivity index (χ4v) is 4.67. The molecule has 0 spiro atoms. The number of Topliss-reactive ketones (excluding diaryl/α,β-unsaturated/α-hetero) is 1. The van der Waals surface area contributed by atoms with Crippen LogP contribution in [0.3, 0.4) is 0 Å². The van der Waals surface area contributed by atoms with Crippen molar-refractivity contribution in [3.63, 3.8) is 0 Å². The molecule has 0 amide bonds. The number of thiophene rings is 1. The highest BCUT2D eigenvalue weighted by molar-refractivity contribution is 8.01. The predicted molar refractivity (Wildman–Crippen MR) is 82.7 cm³/mol. The van der Waals surface area contributed by atoms with Gasteiger partial charge in [-0.2, -0.15) is 0 Å². The second-order valence-corrected chi connectivity index (χ2v) is 7.23. The summed E-state index contributed by atoms with van der Waals surface area (Å²) in [7, 11) is 4.08. The number of rotatable bonds is 3. The van der Waals surface area contributed by atoms with Crippen LogP contribution in [0.4, 0.5) is 0 Å². The number of hydrogen-bond acceptors (Lipinski definition) is 4. The lowest BCUT2D eigenvalue weighted by molar-refractivity contribution is 0.0894. The maximum absolute atomic E-state index is 12.5. The van der Waals surface area contributed by atoms with E-state index in [0.29, 0.717) is 5.78 Å². The van der Waals surface area contributed by atoms with E-state index in [0.717, 1.165) is 30.7 Å². The SMILES string of the molecule is CCc1cc2c(s1)SCCC(CN(C)C)C2=O.Cl. The quantitative estimate of drug-likeness (QED) is 0.851. The van der Waals surface area contributed by atoms with E-state index in [2.05, 4.69) is 17.9 Å². The Hall–Kier alpha value is -0.0300. The second-order valence-electron chi connectivity index (χ2n) is 4.73. The van der Waals surface area contributed by atoms with E-state index in [1.165, 1.54) is 9.09 Å². The van der Waals surface area contributed by atoms with E-state index >= 15 is 0 Å². The van der Waals surface area contributed by atoms with E-state index in [1.807, 2.05) is 25.9 Å². The average molecular weight is 306 g/mol. The number of carbonyl (C=O) groups excluding carboxylic acids is 1. The number of carbonyl (C=O) groups is 1. The van der Waals surface area contributed by atoms with Gasteiger partial charge in [0.25, 0.3) is 0 Å². The van der Waals surface area contributed by atoms with Crippen molar-refractivity contribution in [2.45, 2.75) is 24.0 Å². The van der Waals surface area contributed by atoms with E-state index in [4.69, 9.17) is 0 Å². The van der Waals surface area contributed by atoms with Crippen LogP contribution in [0.1, 0.15) is 28.6 Å². The number of fused-ring (bicyclic) bond motifs is 1. The summed E-state index contributed by atoms with van der Waals surface area (Å²) in [5.41, 5.74) is 0.987. The molecule has 5 heteroatoms. The summed E-state index contributed by atoms with van der Waals surface area (Å²) >= 11 is 3.66. The fraction of sp³-hybridized carbons (Fsp3) is 0.615. The molecule has 1 aromatic rings. The van der Waals surface area contributed by atoms with Crippen molar-refractivity contribution in [3.05, 3.63) is 16.5 Å². The highest BCUT2D eigenvalue weighted by Gasteiger charge is 2.27. The minimum absolute atomic E-state index is 0. The molecule has 2 heterocycles. The smallest absolute Gasteiger partial charge is 0.169 e. The highest BCUT2D eigenvalue weighted by atomic mass is 35.5. The Labute approximate surface area is 124 Å². The van der Waals surface area contributed by atoms with Crippen LogP contribution in [-0.4, -0.2) is 37.1 Å². The van der Waals surface area contributed by atoms with Crippen LogP contribution in [0.5, 0.6) is 0 Å². The number of ketones is 1. The molecule has 0 aromatic carbocycles. The Kier molecular flexibility index (Phi) is 6.18. The monoisotopic (exact) mass is 305 g/mol. The van der Waals surface area contributed by atoms with Crippen LogP contribution in [0.25, 0.3) is 0 Å². The van der Waals surface area contributed by atoms with E-state index in [1.54, 1.807) is 11.3 Å². The average Bonchev–Trinajstić information content (AvgIpc) is 2.64. The van der Waals surface area contributed by atoms with Gasteiger partial charge in [0.05, 0.1) is 4.21 Å². The van der Waals surface area contributed by atoms with Gasteiger partial charge in [0.2, 0.25) is 0 Å². The first kappa shape index (κ1) is 16.0. The molecule has 2 nitrogen and oxygen atoms in total. The molecule has 0 N–H and O–H groups in total. The van der Waals surface area contributed by atoms with Crippen LogP contribution in [0, 0.1) is 5.92 Å². The molecule has 1 unspecified atom stereocenters. The van der Waals surface area contributed by atoms with Gasteiger partial charge in [-0.15, -0.1) is 35.5 Å². The Morgan fingerprint density at radius 3 is 2.78 bits per heavy atom. The van der Waals surface area contributed by atoms with Gasteiger partial charge < -0.3 is 4.90 Å². The summed E-state index contributed by atoms with van der Waals surface area (Å²) in [6.45, 7) is 3.02. The molecule has 0 saturated heterocycles. The van der Waals surface area contributed by atoms with Gasteiger partial charge in [-0.3, -0.25) is 4.79 Å². The van der Waals surface area contributed by atoms with E-state index in [9.17, 15) is 4.79 Å². The van der Waals surface area contributed by atoms with Gasteiger partial charge in [0, 0.05) is 22.9 Å². The van der Waals surface area contributed by atoms with Crippen molar-refractivity contribution in [1.82, 2.24) is 4.90 Å². The number of nitrogens with zero attached hydrogens (tertiary/aromatic N) is 1. The molecule has 0 bridgehead atoms. The van der Waals surface area contributed by atoms with Crippen molar-refractivity contribution in [1.29, 1.82) is 0 Å². The summed E-state index contributed by atoms with van der Waals surface area (Å²) < 4.78 is 1.24. The zero-order valence-electron chi connectivity index (χ0n) is 11.1. The van der Waals surface area contributed by atoms with Gasteiger partial charge in [-0.25, -0.2) is 0 Å². The Morgan fingerprint density at radius 1 is 1.44 bits per heavy atom. The number of aryl methyl sites for hydroxylation is 1. The van der Waals surface area contributed by atoms with Gasteiger partial charge in [-0.1, -0.05) is 6.92 Å². The molecule has 102 valence electrons. The standard InChI is InChI=1S/C13H19NOS2.ClH/c1-4-10-7-11-12(15)9(8-14(2)3)5-6-16-13(11)17-10;/h7,9H,4-6,8H2,1-3H3;1H. The van der Waals surface area contributed by atoms with Crippen LogP contribution < -0.4 is 0 Å². The lowest BCUT2D eigenvalue weighted by Crippen LogP contribution is -2.27. The zero-order chi connectivity index (χ0) is 12.4. The maximum Gasteiger partial charge on any atom is 0.169 e. The van der Waals surface area contributed by atoms with Gasteiger partial charge >= 0.3 is 0 Å². The summed E-state index contributed by atoms with van der Waals surface area (Å²) in [4.78, 5) is 15.9. The van der Waals surface area contributed by atoms with Gasteiger partial charge in [0.1, 0.15) is 0 Å². The van der Waals surface area contributed by atoms with Crippen LogP contribution in [0.2, 0.25) is 0 Å². The minimum atomic E-state index is 0. The summed E-state index contributed by atoms with van der Waals surface area (Å²) in [5, 5.41) is 0. The molecule has 18 heavy (non-hydrogen) atoms. The third-order valence-electron chi connectivity index (χ3n) is 3.02. The van der Waals surface area contributed by atoms with Crippen LogP contribution >= 0.6 is 35.5 Å². The number of thioether (sulfide) groups is 1. The summed E-state index contributed by atoms with van der Waals surface area (Å²) in [6, 6.07) is 2.11. The van der Waals surface area contributed by atoms with Crippen molar-refractivity contribution in [2.24, 2.45) is 5.92 Å². The zero-order valence-corrected chi connectivity index (χ0v) is 13.5. The van der Waals surface area contributed by atoms with Crippen molar-refractivity contribution < 1.29 is 4.79 Å². The van der Waals surface area contributed by atoms with Crippen molar-refractivity contribution in [2.75, 3.05) is 26.4 Å². The molecular formula is C13H20ClNOS2. The molecule has 2 rings (SSSR count). The molecule has 0 radical (unpaired) electrons. The lowest BCUT2D eigenvalue weighted by atomic mass is 9.96. The van der Waals surface area contributed by atoms with Gasteiger partial charge in [0.15, 0.2) is 5.78 Å². The van der Waals surface area contributed by atoms with Gasteiger partial charge in [-0.05, 0) is 38.8 Å². The number of hydrogen-bond donors (Lipinski definition) is 0. The van der Waals surface area contributed by atoms with Crippen LogP contribution in [0.15, 0.2) is 10.3 Å². The third-order valence-corrected chi connectivity index (χ3v) is 5.62. The first-order chi connectivity index (χ1) is 8.11. The minimum Gasteiger partial charge on any atom is -0.309 e. The molecule has 1 atom stereocenters. The molecule has 1 aliphatic heterocycles. The van der Waals surface area contributed by atoms with E-state index in [-0.39, 0.29) is 18.3 Å². The Bertz CT molecular complexity index is 417. The molecule has 0 fully saturated rings. The lowest BCUT2D eigenvalue weighted by Gasteiger charge is -2.17. The second kappa shape index (κ2) is 6.94. The summed E-state index contributed by atoms with van der Waals surface area (Å²) in [5.74, 6) is 1.61. The third kappa shape index (κ3) is 3.50. The van der Waals surface area contributed by atoms with Crippen LogP contribution in [-0.2, 0) is 6.42 Å². The molecule has 0 saturated carbocycles. The number of halogens is 1. The topological polar surface area (TPSA) is 20.3 Å². The predicted octanol–water partition coefficient (Wildman–Crippen LogP) is 3.59. The normalized spacial score (nSPS) is 19.3. The Morgan fingerprint density at radius 2 is 2.17 bits per heavy atom. The molecule has 0 aliphatic carbocycles.